The molecule has 0 aromatic carbocycles. The van der Waals surface area contributed by atoms with Gasteiger partial charge in [0.25, 0.3) is 0 Å². The molecule has 1 amide bonds. The fraction of sp³-hybridized carbons (Fsp3) is 0.588. The van der Waals surface area contributed by atoms with Gasteiger partial charge in [0.05, 0.1) is 5.52 Å². The number of carbonyl (C=O) groups excluding carboxylic acids is 1. The SMILES string of the molecule is CC(C)(C)OC(=O)NC[C@@H]1CCCN(c2nc3ncccc3[nH]2)C1. The second-order valence-corrected chi connectivity index (χ2v) is 7.27. The minimum absolute atomic E-state index is 0.354. The van der Waals surface area contributed by atoms with E-state index in [2.05, 4.69) is 25.2 Å². The van der Waals surface area contributed by atoms with Gasteiger partial charge in [-0.15, -0.1) is 0 Å². The van der Waals surface area contributed by atoms with Crippen LogP contribution >= 0.6 is 0 Å². The molecule has 2 N–H and O–H groups in total. The third-order valence-electron chi connectivity index (χ3n) is 4.00. The molecule has 2 aromatic rings. The van der Waals surface area contributed by atoms with E-state index in [0.717, 1.165) is 43.0 Å². The van der Waals surface area contributed by atoms with Gasteiger partial charge < -0.3 is 19.9 Å². The highest BCUT2D eigenvalue weighted by Crippen LogP contribution is 2.22. The molecule has 0 saturated carbocycles. The van der Waals surface area contributed by atoms with Crippen molar-refractivity contribution in [1.82, 2.24) is 20.3 Å². The number of carbonyl (C=O) groups is 1. The molecule has 0 spiro atoms. The van der Waals surface area contributed by atoms with Crippen LogP contribution < -0.4 is 10.2 Å². The number of amides is 1. The van der Waals surface area contributed by atoms with Crippen LogP contribution in [0.4, 0.5) is 10.7 Å². The highest BCUT2D eigenvalue weighted by Gasteiger charge is 2.24. The van der Waals surface area contributed by atoms with E-state index in [9.17, 15) is 4.79 Å². The Morgan fingerprint density at radius 2 is 2.33 bits per heavy atom. The molecule has 0 bridgehead atoms. The summed E-state index contributed by atoms with van der Waals surface area (Å²) in [5, 5.41) is 2.88. The molecule has 1 aliphatic heterocycles. The zero-order chi connectivity index (χ0) is 17.2. The van der Waals surface area contributed by atoms with Gasteiger partial charge in [-0.2, -0.15) is 4.98 Å². The van der Waals surface area contributed by atoms with Gasteiger partial charge in [-0.1, -0.05) is 0 Å². The van der Waals surface area contributed by atoms with Crippen molar-refractivity contribution in [2.45, 2.75) is 39.2 Å². The number of anilines is 1. The van der Waals surface area contributed by atoms with Crippen molar-refractivity contribution in [3.63, 3.8) is 0 Å². The summed E-state index contributed by atoms with van der Waals surface area (Å²) >= 11 is 0. The first-order chi connectivity index (χ1) is 11.4. The molecule has 3 heterocycles. The zero-order valence-corrected chi connectivity index (χ0v) is 14.5. The van der Waals surface area contributed by atoms with Crippen molar-refractivity contribution in [3.05, 3.63) is 18.3 Å². The van der Waals surface area contributed by atoms with Crippen LogP contribution in [0.15, 0.2) is 18.3 Å². The molecule has 2 aromatic heterocycles. The molecule has 1 aliphatic rings. The lowest BCUT2D eigenvalue weighted by Crippen LogP contribution is -2.42. The number of pyridine rings is 1. The summed E-state index contributed by atoms with van der Waals surface area (Å²) in [4.78, 5) is 26.2. The fourth-order valence-electron chi connectivity index (χ4n) is 2.95. The quantitative estimate of drug-likeness (QED) is 0.903. The molecule has 0 unspecified atom stereocenters. The van der Waals surface area contributed by atoms with Crippen LogP contribution in [-0.4, -0.2) is 46.3 Å². The van der Waals surface area contributed by atoms with Gasteiger partial charge in [-0.25, -0.2) is 9.78 Å². The highest BCUT2D eigenvalue weighted by atomic mass is 16.6. The lowest BCUT2D eigenvalue weighted by molar-refractivity contribution is 0.0517. The Kier molecular flexibility index (Phi) is 4.59. The molecule has 7 heteroatoms. The number of alkyl carbamates (subject to hydrolysis) is 1. The number of hydrogen-bond acceptors (Lipinski definition) is 5. The summed E-state index contributed by atoms with van der Waals surface area (Å²) in [6, 6.07) is 3.87. The van der Waals surface area contributed by atoms with Crippen LogP contribution in [0.5, 0.6) is 0 Å². The standard InChI is InChI=1S/C17H25N5O2/c1-17(2,3)24-16(23)19-10-12-6-5-9-22(11-12)15-20-13-7-4-8-18-14(13)21-15/h4,7-8,12H,5-6,9-11H2,1-3H3,(H,19,23)(H,18,20,21)/t12-/m0/s1. The molecule has 3 rings (SSSR count). The van der Waals surface area contributed by atoms with Gasteiger partial charge in [0.15, 0.2) is 5.65 Å². The topological polar surface area (TPSA) is 83.1 Å². The number of nitrogens with one attached hydrogen (secondary N) is 2. The van der Waals surface area contributed by atoms with E-state index < -0.39 is 5.60 Å². The molecular weight excluding hydrogens is 306 g/mol. The summed E-state index contributed by atoms with van der Waals surface area (Å²) in [6.45, 7) is 8.03. The normalized spacial score (nSPS) is 18.6. The Morgan fingerprint density at radius 1 is 1.50 bits per heavy atom. The predicted molar refractivity (Wildman–Crippen MR) is 93.1 cm³/mol. The third kappa shape index (κ3) is 4.15. The minimum Gasteiger partial charge on any atom is -0.444 e. The van der Waals surface area contributed by atoms with Gasteiger partial charge in [0.1, 0.15) is 5.60 Å². The van der Waals surface area contributed by atoms with Crippen LogP contribution in [0, 0.1) is 5.92 Å². The number of rotatable bonds is 3. The largest absolute Gasteiger partial charge is 0.444 e. The van der Waals surface area contributed by atoms with E-state index in [1.807, 2.05) is 32.9 Å². The molecule has 1 saturated heterocycles. The maximum absolute atomic E-state index is 11.8. The van der Waals surface area contributed by atoms with E-state index in [0.29, 0.717) is 12.5 Å². The second-order valence-electron chi connectivity index (χ2n) is 7.27. The van der Waals surface area contributed by atoms with E-state index in [4.69, 9.17) is 4.74 Å². The summed E-state index contributed by atoms with van der Waals surface area (Å²) in [5.74, 6) is 1.23. The molecule has 1 atom stereocenters. The lowest BCUT2D eigenvalue weighted by Gasteiger charge is -2.32. The number of piperidine rings is 1. The summed E-state index contributed by atoms with van der Waals surface area (Å²) in [6.07, 6.45) is 3.56. The van der Waals surface area contributed by atoms with E-state index >= 15 is 0 Å². The number of nitrogens with zero attached hydrogens (tertiary/aromatic N) is 3. The number of aromatic amines is 1. The maximum atomic E-state index is 11.8. The van der Waals surface area contributed by atoms with Crippen LogP contribution in [-0.2, 0) is 4.74 Å². The molecule has 24 heavy (non-hydrogen) atoms. The number of imidazole rings is 1. The lowest BCUT2D eigenvalue weighted by atomic mass is 9.98. The van der Waals surface area contributed by atoms with Crippen LogP contribution in [0.2, 0.25) is 0 Å². The first kappa shape index (κ1) is 16.5. The summed E-state index contributed by atoms with van der Waals surface area (Å²) in [5.41, 5.74) is 1.22. The molecule has 7 nitrogen and oxygen atoms in total. The molecule has 1 fully saturated rings. The average Bonchev–Trinajstić information content (AvgIpc) is 2.96. The maximum Gasteiger partial charge on any atom is 0.407 e. The third-order valence-corrected chi connectivity index (χ3v) is 4.00. The number of aromatic nitrogens is 3. The van der Waals surface area contributed by atoms with E-state index in [1.165, 1.54) is 0 Å². The Balaban J connectivity index is 1.57. The van der Waals surface area contributed by atoms with Crippen molar-refractivity contribution < 1.29 is 9.53 Å². The Labute approximate surface area is 141 Å². The Hall–Kier alpha value is -2.31. The van der Waals surface area contributed by atoms with E-state index in [1.54, 1.807) is 6.20 Å². The van der Waals surface area contributed by atoms with Gasteiger partial charge >= 0.3 is 6.09 Å². The highest BCUT2D eigenvalue weighted by molar-refractivity contribution is 5.73. The minimum atomic E-state index is -0.468. The van der Waals surface area contributed by atoms with Gasteiger partial charge in [-0.05, 0) is 51.7 Å². The van der Waals surface area contributed by atoms with Crippen LogP contribution in [0.1, 0.15) is 33.6 Å². The Bertz CT molecular complexity index is 673. The van der Waals surface area contributed by atoms with Gasteiger partial charge in [-0.3, -0.25) is 0 Å². The predicted octanol–water partition coefficient (Wildman–Crippen LogP) is 2.70. The van der Waals surface area contributed by atoms with Gasteiger partial charge in [0.2, 0.25) is 5.95 Å². The second kappa shape index (κ2) is 6.67. The van der Waals surface area contributed by atoms with Crippen molar-refractivity contribution in [2.75, 3.05) is 24.5 Å². The summed E-state index contributed by atoms with van der Waals surface area (Å²) in [7, 11) is 0. The Morgan fingerprint density at radius 3 is 3.08 bits per heavy atom. The molecule has 130 valence electrons. The first-order valence-corrected chi connectivity index (χ1v) is 8.43. The molecular formula is C17H25N5O2. The first-order valence-electron chi connectivity index (χ1n) is 8.43. The van der Waals surface area contributed by atoms with Crippen molar-refractivity contribution >= 4 is 23.2 Å². The number of hydrogen-bond donors (Lipinski definition) is 2. The van der Waals surface area contributed by atoms with Crippen molar-refractivity contribution in [2.24, 2.45) is 5.92 Å². The number of H-pyrrole nitrogens is 1. The van der Waals surface area contributed by atoms with Crippen LogP contribution in [0.3, 0.4) is 0 Å². The van der Waals surface area contributed by atoms with E-state index in [-0.39, 0.29) is 6.09 Å². The van der Waals surface area contributed by atoms with Crippen molar-refractivity contribution in [1.29, 1.82) is 0 Å². The summed E-state index contributed by atoms with van der Waals surface area (Å²) < 4.78 is 5.29. The number of ether oxygens (including phenoxy) is 1. The van der Waals surface area contributed by atoms with Crippen LogP contribution in [0.25, 0.3) is 11.2 Å². The smallest absolute Gasteiger partial charge is 0.407 e. The zero-order valence-electron chi connectivity index (χ0n) is 14.5. The van der Waals surface area contributed by atoms with Crippen molar-refractivity contribution in [3.8, 4) is 0 Å². The molecule has 0 radical (unpaired) electrons. The average molecular weight is 331 g/mol. The molecule has 0 aliphatic carbocycles. The fourth-order valence-corrected chi connectivity index (χ4v) is 2.95. The monoisotopic (exact) mass is 331 g/mol. The number of fused-ring (bicyclic) bond motifs is 1. The van der Waals surface area contributed by atoms with Gasteiger partial charge in [0, 0.05) is 25.8 Å².